The molecule has 0 bridgehead atoms. The lowest BCUT2D eigenvalue weighted by Crippen LogP contribution is -2.34. The van der Waals surface area contributed by atoms with Crippen LogP contribution in [0.2, 0.25) is 0 Å². The number of carboxylic acids is 1. The van der Waals surface area contributed by atoms with Crippen LogP contribution in [0.5, 0.6) is 0 Å². The van der Waals surface area contributed by atoms with Crippen LogP contribution in [0.4, 0.5) is 0 Å². The molecule has 2 N–H and O–H groups in total. The smallest absolute Gasteiger partial charge is 0.311 e. The minimum atomic E-state index is -0.824. The molecular weight excluding hydrogens is 290 g/mol. The molecule has 2 aromatic rings. The van der Waals surface area contributed by atoms with Crippen LogP contribution in [0.25, 0.3) is 0 Å². The summed E-state index contributed by atoms with van der Waals surface area (Å²) in [4.78, 5) is 23.6. The summed E-state index contributed by atoms with van der Waals surface area (Å²) in [5, 5.41) is 12.0. The molecule has 0 aliphatic heterocycles. The lowest BCUT2D eigenvalue weighted by Gasteiger charge is -2.13. The quantitative estimate of drug-likeness (QED) is 0.862. The van der Waals surface area contributed by atoms with E-state index in [1.165, 1.54) is 0 Å². The van der Waals surface area contributed by atoms with E-state index in [0.717, 1.165) is 11.1 Å². The Labute approximate surface area is 135 Å². The molecule has 23 heavy (non-hydrogen) atoms. The van der Waals surface area contributed by atoms with Crippen molar-refractivity contribution in [1.29, 1.82) is 0 Å². The van der Waals surface area contributed by atoms with E-state index in [9.17, 15) is 14.7 Å². The van der Waals surface area contributed by atoms with E-state index in [-0.39, 0.29) is 12.5 Å². The number of nitrogens with one attached hydrogen (secondary N) is 1. The van der Waals surface area contributed by atoms with E-state index in [2.05, 4.69) is 5.32 Å². The molecule has 0 heterocycles. The highest BCUT2D eigenvalue weighted by atomic mass is 16.4. The maximum atomic E-state index is 12.4. The molecule has 118 valence electrons. The van der Waals surface area contributed by atoms with E-state index in [0.29, 0.717) is 24.8 Å². The Balaban J connectivity index is 1.72. The fraction of sp³-hybridized carbons (Fsp3) is 0.263. The number of aliphatic carboxylic acids is 1. The second-order valence-electron chi connectivity index (χ2n) is 6.09. The van der Waals surface area contributed by atoms with Crippen molar-refractivity contribution in [3.05, 3.63) is 71.3 Å². The fourth-order valence-corrected chi connectivity index (χ4v) is 2.67. The molecule has 4 heteroatoms. The zero-order chi connectivity index (χ0) is 16.3. The van der Waals surface area contributed by atoms with Crippen molar-refractivity contribution in [1.82, 2.24) is 5.32 Å². The average molecular weight is 309 g/mol. The van der Waals surface area contributed by atoms with E-state index in [1.807, 2.05) is 48.5 Å². The number of hydrogen-bond donors (Lipinski definition) is 2. The summed E-state index contributed by atoms with van der Waals surface area (Å²) < 4.78 is 0. The third kappa shape index (κ3) is 3.42. The van der Waals surface area contributed by atoms with Gasteiger partial charge in [-0.3, -0.25) is 9.59 Å². The summed E-state index contributed by atoms with van der Waals surface area (Å²) in [6, 6.07) is 17.4. The van der Waals surface area contributed by atoms with Crippen molar-refractivity contribution in [3.8, 4) is 0 Å². The Morgan fingerprint density at radius 2 is 1.65 bits per heavy atom. The number of carbonyl (C=O) groups is 2. The number of amides is 1. The van der Waals surface area contributed by atoms with Crippen LogP contribution in [0.1, 0.15) is 34.3 Å². The minimum Gasteiger partial charge on any atom is -0.481 e. The van der Waals surface area contributed by atoms with Crippen molar-refractivity contribution >= 4 is 11.9 Å². The second kappa shape index (κ2) is 6.24. The van der Waals surface area contributed by atoms with Gasteiger partial charge >= 0.3 is 5.97 Å². The lowest BCUT2D eigenvalue weighted by atomic mass is 9.99. The molecule has 0 aromatic heterocycles. The van der Waals surface area contributed by atoms with Gasteiger partial charge in [-0.05, 0) is 36.5 Å². The predicted molar refractivity (Wildman–Crippen MR) is 87.3 cm³/mol. The lowest BCUT2D eigenvalue weighted by molar-refractivity contribution is -0.143. The first-order valence-corrected chi connectivity index (χ1v) is 7.74. The van der Waals surface area contributed by atoms with Gasteiger partial charge in [0, 0.05) is 12.1 Å². The molecule has 0 unspecified atom stereocenters. The van der Waals surface area contributed by atoms with Crippen LogP contribution < -0.4 is 5.32 Å². The van der Waals surface area contributed by atoms with Gasteiger partial charge in [0.1, 0.15) is 0 Å². The monoisotopic (exact) mass is 309 g/mol. The fourth-order valence-electron chi connectivity index (χ4n) is 2.67. The van der Waals surface area contributed by atoms with Crippen LogP contribution >= 0.6 is 0 Å². The summed E-state index contributed by atoms with van der Waals surface area (Å²) in [6.45, 7) is 0.195. The van der Waals surface area contributed by atoms with Gasteiger partial charge in [-0.2, -0.15) is 0 Å². The summed E-state index contributed by atoms with van der Waals surface area (Å²) in [5.74, 6) is -1.03. The molecule has 0 saturated heterocycles. The Hall–Kier alpha value is -2.62. The number of carbonyl (C=O) groups excluding carboxylic acids is 1. The van der Waals surface area contributed by atoms with Crippen LogP contribution in [-0.2, 0) is 11.2 Å². The van der Waals surface area contributed by atoms with Crippen molar-refractivity contribution < 1.29 is 14.7 Å². The highest BCUT2D eigenvalue weighted by molar-refractivity contribution is 5.96. The number of benzene rings is 2. The van der Waals surface area contributed by atoms with Crippen LogP contribution in [0.15, 0.2) is 54.6 Å². The van der Waals surface area contributed by atoms with Gasteiger partial charge in [0.15, 0.2) is 0 Å². The zero-order valence-corrected chi connectivity index (χ0v) is 12.8. The standard InChI is InChI=1S/C19H19NO3/c21-17(20-13-19(10-11-19)18(22)23)16-9-5-4-8-15(16)12-14-6-2-1-3-7-14/h1-9H,10-13H2,(H,20,21)(H,22,23). The Morgan fingerprint density at radius 3 is 2.30 bits per heavy atom. The number of rotatable bonds is 6. The first-order valence-electron chi connectivity index (χ1n) is 7.74. The largest absolute Gasteiger partial charge is 0.481 e. The molecule has 1 saturated carbocycles. The molecule has 4 nitrogen and oxygen atoms in total. The summed E-state index contributed by atoms with van der Waals surface area (Å²) >= 11 is 0. The third-order valence-corrected chi connectivity index (χ3v) is 4.39. The normalized spacial score (nSPS) is 15.0. The van der Waals surface area contributed by atoms with Crippen molar-refractivity contribution in [2.75, 3.05) is 6.54 Å². The third-order valence-electron chi connectivity index (χ3n) is 4.39. The van der Waals surface area contributed by atoms with Gasteiger partial charge in [0.25, 0.3) is 5.91 Å². The highest BCUT2D eigenvalue weighted by Gasteiger charge is 2.50. The van der Waals surface area contributed by atoms with Crippen LogP contribution in [-0.4, -0.2) is 23.5 Å². The molecule has 1 aliphatic carbocycles. The minimum absolute atomic E-state index is 0.195. The zero-order valence-electron chi connectivity index (χ0n) is 12.8. The van der Waals surface area contributed by atoms with E-state index in [4.69, 9.17) is 0 Å². The van der Waals surface area contributed by atoms with Gasteiger partial charge in [-0.15, -0.1) is 0 Å². The van der Waals surface area contributed by atoms with Crippen molar-refractivity contribution in [2.24, 2.45) is 5.41 Å². The Bertz CT molecular complexity index is 720. The van der Waals surface area contributed by atoms with Crippen molar-refractivity contribution in [2.45, 2.75) is 19.3 Å². The molecule has 2 aromatic carbocycles. The maximum Gasteiger partial charge on any atom is 0.311 e. The molecule has 0 atom stereocenters. The average Bonchev–Trinajstić information content (AvgIpc) is 3.35. The van der Waals surface area contributed by atoms with E-state index in [1.54, 1.807) is 6.07 Å². The van der Waals surface area contributed by atoms with Gasteiger partial charge in [0.2, 0.25) is 0 Å². The van der Waals surface area contributed by atoms with Crippen LogP contribution in [0, 0.1) is 5.41 Å². The van der Waals surface area contributed by atoms with Gasteiger partial charge < -0.3 is 10.4 Å². The van der Waals surface area contributed by atoms with E-state index >= 15 is 0 Å². The molecule has 1 fully saturated rings. The van der Waals surface area contributed by atoms with Crippen molar-refractivity contribution in [3.63, 3.8) is 0 Å². The summed E-state index contributed by atoms with van der Waals surface area (Å²) in [6.07, 6.45) is 1.94. The SMILES string of the molecule is O=C(NCC1(C(=O)O)CC1)c1ccccc1Cc1ccccc1. The van der Waals surface area contributed by atoms with Gasteiger partial charge in [-0.1, -0.05) is 48.5 Å². The molecule has 1 amide bonds. The molecule has 3 rings (SSSR count). The number of carboxylic acid groups (broad SMARTS) is 1. The second-order valence-corrected chi connectivity index (χ2v) is 6.09. The van der Waals surface area contributed by atoms with E-state index < -0.39 is 11.4 Å². The van der Waals surface area contributed by atoms with Crippen LogP contribution in [0.3, 0.4) is 0 Å². The topological polar surface area (TPSA) is 66.4 Å². The molecule has 1 aliphatic rings. The predicted octanol–water partition coefficient (Wildman–Crippen LogP) is 2.87. The Kier molecular flexibility index (Phi) is 4.15. The Morgan fingerprint density at radius 1 is 1.00 bits per heavy atom. The summed E-state index contributed by atoms with van der Waals surface area (Å²) in [5.41, 5.74) is 1.94. The first-order chi connectivity index (χ1) is 11.1. The first kappa shape index (κ1) is 15.3. The van der Waals surface area contributed by atoms with Gasteiger partial charge in [-0.25, -0.2) is 0 Å². The molecule has 0 radical (unpaired) electrons. The molecular formula is C19H19NO3. The number of hydrogen-bond acceptors (Lipinski definition) is 2. The summed E-state index contributed by atoms with van der Waals surface area (Å²) in [7, 11) is 0. The highest BCUT2D eigenvalue weighted by Crippen LogP contribution is 2.45. The van der Waals surface area contributed by atoms with Gasteiger partial charge in [0.05, 0.1) is 5.41 Å². The molecule has 0 spiro atoms. The maximum absolute atomic E-state index is 12.4.